The van der Waals surface area contributed by atoms with Crippen LogP contribution in [0.15, 0.2) is 4.99 Å². The van der Waals surface area contributed by atoms with E-state index in [2.05, 4.69) is 50.1 Å². The third-order valence-electron chi connectivity index (χ3n) is 4.80. The summed E-state index contributed by atoms with van der Waals surface area (Å²) in [4.78, 5) is 14.3. The van der Waals surface area contributed by atoms with Crippen molar-refractivity contribution in [2.75, 3.05) is 55.7 Å². The van der Waals surface area contributed by atoms with Crippen LogP contribution in [0.4, 0.5) is 5.13 Å². The van der Waals surface area contributed by atoms with Gasteiger partial charge in [-0.05, 0) is 37.2 Å². The predicted octanol–water partition coefficient (Wildman–Crippen LogP) is 2.33. The highest BCUT2D eigenvalue weighted by Gasteiger charge is 2.22. The van der Waals surface area contributed by atoms with E-state index in [4.69, 9.17) is 4.99 Å². The molecule has 2 fully saturated rings. The Labute approximate surface area is 159 Å². The molecule has 2 aliphatic rings. The number of rotatable bonds is 5. The highest BCUT2D eigenvalue weighted by Crippen LogP contribution is 2.23. The van der Waals surface area contributed by atoms with Crippen LogP contribution in [0.2, 0.25) is 0 Å². The summed E-state index contributed by atoms with van der Waals surface area (Å²) < 4.78 is 4.41. The van der Waals surface area contributed by atoms with Crippen LogP contribution in [0.25, 0.3) is 0 Å². The van der Waals surface area contributed by atoms with Gasteiger partial charge >= 0.3 is 0 Å². The summed E-state index contributed by atoms with van der Waals surface area (Å²) in [5.74, 6) is 5.42. The summed E-state index contributed by atoms with van der Waals surface area (Å²) in [5, 5.41) is 4.55. The van der Waals surface area contributed by atoms with E-state index in [1.165, 1.54) is 35.9 Å². The molecule has 0 bridgehead atoms. The summed E-state index contributed by atoms with van der Waals surface area (Å²) in [7, 11) is 0. The molecule has 0 amide bonds. The molecule has 0 radical (unpaired) electrons. The van der Waals surface area contributed by atoms with E-state index < -0.39 is 0 Å². The Bertz CT molecular complexity index is 547. The second kappa shape index (κ2) is 9.62. The molecule has 6 nitrogen and oxygen atoms in total. The summed E-state index contributed by atoms with van der Waals surface area (Å²) in [6.07, 6.45) is 3.55. The summed E-state index contributed by atoms with van der Waals surface area (Å²) in [6.45, 7) is 10.1. The number of anilines is 1. The van der Waals surface area contributed by atoms with Crippen molar-refractivity contribution >= 4 is 34.4 Å². The molecule has 0 spiro atoms. The first-order valence-corrected chi connectivity index (χ1v) is 11.4. The number of thioether (sulfide) groups is 1. The number of guanidine groups is 1. The summed E-state index contributed by atoms with van der Waals surface area (Å²) in [6, 6.07) is 0. The van der Waals surface area contributed by atoms with Crippen LogP contribution in [0.5, 0.6) is 0 Å². The predicted molar refractivity (Wildman–Crippen MR) is 109 cm³/mol. The molecule has 2 aliphatic heterocycles. The Balaban J connectivity index is 1.54. The first-order chi connectivity index (χ1) is 12.3. The van der Waals surface area contributed by atoms with E-state index in [-0.39, 0.29) is 0 Å². The van der Waals surface area contributed by atoms with Gasteiger partial charge in [0.05, 0.1) is 0 Å². The number of nitrogens with one attached hydrogen (secondary N) is 1. The lowest BCUT2D eigenvalue weighted by molar-refractivity contribution is 0.370. The third kappa shape index (κ3) is 5.23. The van der Waals surface area contributed by atoms with Gasteiger partial charge in [0.25, 0.3) is 0 Å². The number of hydrogen-bond donors (Lipinski definition) is 1. The molecule has 3 heterocycles. The molecule has 2 saturated heterocycles. The van der Waals surface area contributed by atoms with Crippen molar-refractivity contribution in [2.24, 2.45) is 10.9 Å². The molecule has 0 saturated carbocycles. The molecule has 25 heavy (non-hydrogen) atoms. The van der Waals surface area contributed by atoms with Crippen LogP contribution in [0, 0.1) is 5.92 Å². The van der Waals surface area contributed by atoms with E-state index in [0.29, 0.717) is 0 Å². The first-order valence-electron chi connectivity index (χ1n) is 9.48. The van der Waals surface area contributed by atoms with Gasteiger partial charge in [-0.2, -0.15) is 16.1 Å². The van der Waals surface area contributed by atoms with E-state index in [1.54, 1.807) is 0 Å². The van der Waals surface area contributed by atoms with Crippen LogP contribution < -0.4 is 10.2 Å². The van der Waals surface area contributed by atoms with Gasteiger partial charge in [0.2, 0.25) is 5.13 Å². The maximum absolute atomic E-state index is 4.95. The smallest absolute Gasteiger partial charge is 0.205 e. The van der Waals surface area contributed by atoms with Gasteiger partial charge in [-0.15, -0.1) is 0 Å². The molecule has 8 heteroatoms. The van der Waals surface area contributed by atoms with Crippen LogP contribution in [-0.2, 0) is 6.42 Å². The lowest BCUT2D eigenvalue weighted by Crippen LogP contribution is -2.52. The van der Waals surface area contributed by atoms with Crippen LogP contribution in [0.1, 0.15) is 32.5 Å². The normalized spacial score (nSPS) is 20.2. The average Bonchev–Trinajstić information content (AvgIpc) is 3.15. The van der Waals surface area contributed by atoms with Crippen molar-refractivity contribution in [3.63, 3.8) is 0 Å². The molecule has 1 aromatic rings. The van der Waals surface area contributed by atoms with Crippen LogP contribution in [0.3, 0.4) is 0 Å². The molecule has 0 unspecified atom stereocenters. The highest BCUT2D eigenvalue weighted by molar-refractivity contribution is 7.99. The monoisotopic (exact) mass is 382 g/mol. The van der Waals surface area contributed by atoms with Crippen molar-refractivity contribution in [1.82, 2.24) is 19.6 Å². The summed E-state index contributed by atoms with van der Waals surface area (Å²) in [5.41, 5.74) is 0. The molecule has 1 aromatic heterocycles. The standard InChI is InChI=1S/C17H30N6S2/c1-3-15-20-17(25-21-15)23-9-7-22(8-10-23)16(18-4-2)19-13-14-5-11-24-12-6-14/h14H,3-13H2,1-2H3,(H,18,19). The number of aryl methyl sites for hydroxylation is 1. The Morgan fingerprint density at radius 1 is 1.20 bits per heavy atom. The average molecular weight is 383 g/mol. The maximum Gasteiger partial charge on any atom is 0.205 e. The van der Waals surface area contributed by atoms with Gasteiger partial charge in [0.15, 0.2) is 5.96 Å². The first kappa shape index (κ1) is 18.8. The Kier molecular flexibility index (Phi) is 7.22. The topological polar surface area (TPSA) is 56.7 Å². The molecule has 0 atom stereocenters. The Hall–Kier alpha value is -1.02. The van der Waals surface area contributed by atoms with E-state index in [1.807, 2.05) is 0 Å². The zero-order valence-corrected chi connectivity index (χ0v) is 17.0. The maximum atomic E-state index is 4.95. The fourth-order valence-corrected chi connectivity index (χ4v) is 5.20. The summed E-state index contributed by atoms with van der Waals surface area (Å²) >= 11 is 3.61. The van der Waals surface area contributed by atoms with E-state index in [0.717, 1.165) is 68.5 Å². The largest absolute Gasteiger partial charge is 0.357 e. The Morgan fingerprint density at radius 2 is 1.96 bits per heavy atom. The van der Waals surface area contributed by atoms with Crippen molar-refractivity contribution in [3.8, 4) is 0 Å². The van der Waals surface area contributed by atoms with Gasteiger partial charge < -0.3 is 15.1 Å². The quantitative estimate of drug-likeness (QED) is 0.623. The van der Waals surface area contributed by atoms with Gasteiger partial charge in [0, 0.05) is 57.2 Å². The van der Waals surface area contributed by atoms with Gasteiger partial charge in [0.1, 0.15) is 5.82 Å². The van der Waals surface area contributed by atoms with Crippen molar-refractivity contribution in [3.05, 3.63) is 5.82 Å². The van der Waals surface area contributed by atoms with E-state index in [9.17, 15) is 0 Å². The highest BCUT2D eigenvalue weighted by atomic mass is 32.2. The lowest BCUT2D eigenvalue weighted by Gasteiger charge is -2.36. The molecular weight excluding hydrogens is 352 g/mol. The molecule has 140 valence electrons. The second-order valence-corrected chi connectivity index (χ2v) is 8.53. The fraction of sp³-hybridized carbons (Fsp3) is 0.824. The fourth-order valence-electron chi connectivity index (χ4n) is 3.20. The molecule has 3 rings (SSSR count). The van der Waals surface area contributed by atoms with Gasteiger partial charge in [-0.3, -0.25) is 4.99 Å². The SMILES string of the molecule is CCNC(=NCC1CCSCC1)N1CCN(c2nc(CC)ns2)CC1. The van der Waals surface area contributed by atoms with Gasteiger partial charge in [-0.1, -0.05) is 6.92 Å². The van der Waals surface area contributed by atoms with Crippen molar-refractivity contribution in [2.45, 2.75) is 33.1 Å². The third-order valence-corrected chi connectivity index (χ3v) is 6.66. The molecule has 0 aliphatic carbocycles. The van der Waals surface area contributed by atoms with E-state index >= 15 is 0 Å². The van der Waals surface area contributed by atoms with Crippen molar-refractivity contribution < 1.29 is 0 Å². The molecular formula is C17H30N6S2. The number of aliphatic imine (C=N–C) groups is 1. The number of hydrogen-bond acceptors (Lipinski definition) is 6. The second-order valence-electron chi connectivity index (χ2n) is 6.57. The number of piperazine rings is 1. The Morgan fingerprint density at radius 3 is 2.60 bits per heavy atom. The lowest BCUT2D eigenvalue weighted by atomic mass is 10.0. The van der Waals surface area contributed by atoms with Crippen LogP contribution >= 0.6 is 23.3 Å². The minimum Gasteiger partial charge on any atom is -0.357 e. The minimum atomic E-state index is 0.769. The minimum absolute atomic E-state index is 0.769. The zero-order chi connectivity index (χ0) is 17.5. The molecule has 0 aromatic carbocycles. The number of nitrogens with zero attached hydrogens (tertiary/aromatic N) is 5. The van der Waals surface area contributed by atoms with Crippen molar-refractivity contribution in [1.29, 1.82) is 0 Å². The van der Waals surface area contributed by atoms with Gasteiger partial charge in [-0.25, -0.2) is 4.98 Å². The zero-order valence-electron chi connectivity index (χ0n) is 15.4. The van der Waals surface area contributed by atoms with Crippen LogP contribution in [-0.4, -0.2) is 71.0 Å². The molecule has 1 N–H and O–H groups in total. The number of aromatic nitrogens is 2.